The van der Waals surface area contributed by atoms with Gasteiger partial charge < -0.3 is 10.2 Å². The third kappa shape index (κ3) is 5.20. The van der Waals surface area contributed by atoms with Crippen molar-refractivity contribution in [2.45, 2.75) is 71.2 Å². The molecule has 2 fully saturated rings. The maximum absolute atomic E-state index is 13.3. The number of allylic oxidation sites excluding steroid dienone is 4. The van der Waals surface area contributed by atoms with E-state index in [2.05, 4.69) is 37.4 Å². The fraction of sp³-hybridized carbons (Fsp3) is 0.739. The zero-order valence-electron chi connectivity index (χ0n) is 17.7. The number of halogens is 1. The fourth-order valence-electron chi connectivity index (χ4n) is 4.56. The minimum Gasteiger partial charge on any atom is -0.344 e. The van der Waals surface area contributed by atoms with Gasteiger partial charge in [0.1, 0.15) is 6.04 Å². The van der Waals surface area contributed by atoms with Crippen LogP contribution in [0.1, 0.15) is 59.8 Å². The first-order chi connectivity index (χ1) is 13.2. The highest BCUT2D eigenvalue weighted by atomic mass is 35.5. The fourth-order valence-corrected chi connectivity index (χ4v) is 4.72. The van der Waals surface area contributed by atoms with E-state index in [1.807, 2.05) is 18.7 Å². The van der Waals surface area contributed by atoms with E-state index in [9.17, 15) is 9.59 Å². The van der Waals surface area contributed by atoms with Crippen molar-refractivity contribution in [3.8, 4) is 0 Å². The largest absolute Gasteiger partial charge is 0.344 e. The van der Waals surface area contributed by atoms with Crippen molar-refractivity contribution >= 4 is 23.4 Å². The normalized spacial score (nSPS) is 28.1. The molecular weight excluding hydrogens is 372 g/mol. The molecule has 1 N–H and O–H groups in total. The van der Waals surface area contributed by atoms with Crippen molar-refractivity contribution in [3.05, 3.63) is 23.8 Å². The second-order valence-electron chi connectivity index (χ2n) is 9.84. The third-order valence-electron chi connectivity index (χ3n) is 6.44. The standard InChI is InChI=1S/C23H35ClN2O2/c1-15(2)21(25-20(27)13-16-5-6-16)22(28)26-12-11-19(23(3,4)14-26)17-7-9-18(24)10-8-17/h7-9,15-16,18-19,21H,5-6,10-14H2,1-4H3,(H,25,27)/t18?,19-,21-/m1/s1. The number of amides is 2. The van der Waals surface area contributed by atoms with Gasteiger partial charge in [-0.3, -0.25) is 9.59 Å². The van der Waals surface area contributed by atoms with Crippen molar-refractivity contribution in [1.82, 2.24) is 10.2 Å². The minimum atomic E-state index is -0.426. The van der Waals surface area contributed by atoms with Gasteiger partial charge in [-0.15, -0.1) is 11.6 Å². The number of rotatable bonds is 6. The van der Waals surface area contributed by atoms with E-state index < -0.39 is 6.04 Å². The number of likely N-dealkylation sites (tertiary alicyclic amines) is 1. The molecule has 0 spiro atoms. The lowest BCUT2D eigenvalue weighted by Gasteiger charge is -2.46. The average Bonchev–Trinajstić information content (AvgIpc) is 3.43. The lowest BCUT2D eigenvalue weighted by atomic mass is 9.69. The minimum absolute atomic E-state index is 0.0111. The Kier molecular flexibility index (Phi) is 6.58. The van der Waals surface area contributed by atoms with Gasteiger partial charge in [-0.2, -0.15) is 0 Å². The first-order valence-electron chi connectivity index (χ1n) is 10.8. The summed E-state index contributed by atoms with van der Waals surface area (Å²) in [6.45, 7) is 9.97. The second-order valence-corrected chi connectivity index (χ2v) is 10.4. The summed E-state index contributed by atoms with van der Waals surface area (Å²) in [4.78, 5) is 27.5. The van der Waals surface area contributed by atoms with Crippen LogP contribution in [0.5, 0.6) is 0 Å². The molecule has 3 aliphatic rings. The van der Waals surface area contributed by atoms with Crippen LogP contribution in [0, 0.1) is 23.2 Å². The number of alkyl halides is 1. The predicted octanol–water partition coefficient (Wildman–Crippen LogP) is 4.30. The van der Waals surface area contributed by atoms with Crippen molar-refractivity contribution < 1.29 is 9.59 Å². The zero-order chi connectivity index (χ0) is 20.5. The van der Waals surface area contributed by atoms with Crippen LogP contribution in [0.2, 0.25) is 0 Å². The average molecular weight is 407 g/mol. The number of nitrogens with zero attached hydrogens (tertiary/aromatic N) is 1. The van der Waals surface area contributed by atoms with Gasteiger partial charge in [0.2, 0.25) is 11.8 Å². The quantitative estimate of drug-likeness (QED) is 0.668. The monoisotopic (exact) mass is 406 g/mol. The van der Waals surface area contributed by atoms with Crippen molar-refractivity contribution in [2.75, 3.05) is 13.1 Å². The molecule has 0 radical (unpaired) electrons. The van der Waals surface area contributed by atoms with E-state index in [1.165, 1.54) is 5.57 Å². The highest BCUT2D eigenvalue weighted by Gasteiger charge is 2.41. The Balaban J connectivity index is 1.64. The maximum atomic E-state index is 13.3. The lowest BCUT2D eigenvalue weighted by Crippen LogP contribution is -2.56. The van der Waals surface area contributed by atoms with Crippen LogP contribution in [0.4, 0.5) is 0 Å². The summed E-state index contributed by atoms with van der Waals surface area (Å²) in [5.41, 5.74) is 1.34. The number of hydrogen-bond acceptors (Lipinski definition) is 2. The van der Waals surface area contributed by atoms with Crippen LogP contribution in [-0.4, -0.2) is 41.2 Å². The maximum Gasteiger partial charge on any atom is 0.245 e. The molecule has 4 nitrogen and oxygen atoms in total. The van der Waals surface area contributed by atoms with E-state index in [1.54, 1.807) is 0 Å². The Morgan fingerprint density at radius 2 is 2.00 bits per heavy atom. The molecule has 0 aromatic heterocycles. The van der Waals surface area contributed by atoms with E-state index in [4.69, 9.17) is 11.6 Å². The van der Waals surface area contributed by atoms with Gasteiger partial charge in [0, 0.05) is 19.5 Å². The summed E-state index contributed by atoms with van der Waals surface area (Å²) in [5, 5.41) is 3.12. The highest BCUT2D eigenvalue weighted by molar-refractivity contribution is 6.22. The molecule has 156 valence electrons. The van der Waals surface area contributed by atoms with Crippen LogP contribution in [0.15, 0.2) is 23.8 Å². The Labute approximate surface area is 174 Å². The van der Waals surface area contributed by atoms with E-state index in [0.717, 1.165) is 32.2 Å². The van der Waals surface area contributed by atoms with Crippen LogP contribution in [0.3, 0.4) is 0 Å². The summed E-state index contributed by atoms with van der Waals surface area (Å²) in [6, 6.07) is -0.426. The van der Waals surface area contributed by atoms with Crippen LogP contribution in [0.25, 0.3) is 0 Å². The molecule has 3 rings (SSSR count). The Hall–Kier alpha value is -1.29. The number of carbonyl (C=O) groups excluding carboxylic acids is 2. The van der Waals surface area contributed by atoms with Crippen LogP contribution < -0.4 is 5.32 Å². The van der Waals surface area contributed by atoms with E-state index in [-0.39, 0.29) is 28.5 Å². The summed E-state index contributed by atoms with van der Waals surface area (Å²) < 4.78 is 0. The van der Waals surface area contributed by atoms with Crippen molar-refractivity contribution in [3.63, 3.8) is 0 Å². The molecule has 1 heterocycles. The molecule has 3 atom stereocenters. The summed E-state index contributed by atoms with van der Waals surface area (Å²) in [6.07, 6.45) is 11.2. The first-order valence-corrected chi connectivity index (χ1v) is 11.2. The molecule has 0 aromatic rings. The second kappa shape index (κ2) is 8.61. The number of carbonyl (C=O) groups is 2. The van der Waals surface area contributed by atoms with Gasteiger partial charge in [0.15, 0.2) is 0 Å². The summed E-state index contributed by atoms with van der Waals surface area (Å²) in [5.74, 6) is 1.14. The molecule has 2 aliphatic carbocycles. The predicted molar refractivity (Wildman–Crippen MR) is 114 cm³/mol. The highest BCUT2D eigenvalue weighted by Crippen LogP contribution is 2.41. The van der Waals surface area contributed by atoms with Crippen LogP contribution in [-0.2, 0) is 9.59 Å². The van der Waals surface area contributed by atoms with Gasteiger partial charge in [0.25, 0.3) is 0 Å². The lowest BCUT2D eigenvalue weighted by molar-refractivity contribution is -0.141. The molecule has 1 unspecified atom stereocenters. The molecule has 5 heteroatoms. The van der Waals surface area contributed by atoms with E-state index >= 15 is 0 Å². The molecule has 1 saturated heterocycles. The van der Waals surface area contributed by atoms with E-state index in [0.29, 0.717) is 24.8 Å². The molecule has 2 amide bonds. The van der Waals surface area contributed by atoms with Crippen molar-refractivity contribution in [2.24, 2.45) is 23.2 Å². The third-order valence-corrected chi connectivity index (χ3v) is 6.76. The number of nitrogens with one attached hydrogen (secondary N) is 1. The molecule has 0 aromatic carbocycles. The van der Waals surface area contributed by atoms with Gasteiger partial charge in [-0.1, -0.05) is 45.9 Å². The summed E-state index contributed by atoms with van der Waals surface area (Å²) >= 11 is 6.18. The molecule has 1 aliphatic heterocycles. The Morgan fingerprint density at radius 1 is 1.29 bits per heavy atom. The number of piperidine rings is 1. The van der Waals surface area contributed by atoms with Gasteiger partial charge in [-0.05, 0) is 54.4 Å². The zero-order valence-corrected chi connectivity index (χ0v) is 18.5. The summed E-state index contributed by atoms with van der Waals surface area (Å²) in [7, 11) is 0. The van der Waals surface area contributed by atoms with Gasteiger partial charge in [-0.25, -0.2) is 0 Å². The first kappa shape index (κ1) is 21.4. The Bertz CT molecular complexity index is 664. The van der Waals surface area contributed by atoms with Crippen LogP contribution >= 0.6 is 11.6 Å². The topological polar surface area (TPSA) is 49.4 Å². The molecule has 28 heavy (non-hydrogen) atoms. The number of hydrogen-bond donors (Lipinski definition) is 1. The SMILES string of the molecule is CC(C)[C@@H](NC(=O)CC1CC1)C(=O)N1CC[C@H](C2=CCC(Cl)C=C2)C(C)(C)C1. The smallest absolute Gasteiger partial charge is 0.245 e. The molecule has 1 saturated carbocycles. The van der Waals surface area contributed by atoms with Crippen molar-refractivity contribution in [1.29, 1.82) is 0 Å². The molecular formula is C23H35ClN2O2. The Morgan fingerprint density at radius 3 is 2.54 bits per heavy atom. The van der Waals surface area contributed by atoms with Gasteiger partial charge in [0.05, 0.1) is 5.38 Å². The van der Waals surface area contributed by atoms with Gasteiger partial charge >= 0.3 is 0 Å². The molecule has 0 bridgehead atoms.